The molecule has 0 aliphatic carbocycles. The quantitative estimate of drug-likeness (QED) is 0.180. The summed E-state index contributed by atoms with van der Waals surface area (Å²) in [5.41, 5.74) is -1.38. The highest BCUT2D eigenvalue weighted by Crippen LogP contribution is 2.49. The molecule has 1 aromatic rings. The molecule has 3 aliphatic rings. The number of rotatable bonds is 11. The number of aliphatic hydroxyl groups excluding tert-OH is 1. The van der Waals surface area contributed by atoms with Gasteiger partial charge in [-0.3, -0.25) is 24.2 Å². The van der Waals surface area contributed by atoms with Crippen LogP contribution in [0.3, 0.4) is 0 Å². The van der Waals surface area contributed by atoms with Crippen LogP contribution in [0.25, 0.3) is 0 Å². The van der Waals surface area contributed by atoms with Gasteiger partial charge in [0.2, 0.25) is 0 Å². The molecule has 0 bridgehead atoms. The van der Waals surface area contributed by atoms with Crippen molar-refractivity contribution < 1.29 is 52.7 Å². The number of aromatic nitrogens is 1. The maximum absolute atomic E-state index is 14.7. The second-order valence-corrected chi connectivity index (χ2v) is 18.1. The van der Waals surface area contributed by atoms with Gasteiger partial charge >= 0.3 is 17.9 Å². The van der Waals surface area contributed by atoms with E-state index in [4.69, 9.17) is 28.4 Å². The Hall–Kier alpha value is -2.62. The first kappa shape index (κ1) is 46.1. The Balaban J connectivity index is 1.74. The molecule has 1 N–H and O–H groups in total. The number of aliphatic hydroxyl groups is 1. The number of esters is 3. The third-order valence-electron chi connectivity index (χ3n) is 12.5. The first-order valence-corrected chi connectivity index (χ1v) is 21.2. The molecule has 14 heteroatoms. The van der Waals surface area contributed by atoms with Gasteiger partial charge in [0.15, 0.2) is 18.0 Å². The van der Waals surface area contributed by atoms with Crippen LogP contribution in [0.15, 0.2) is 24.5 Å². The number of hydrogen-bond acceptors (Lipinski definition) is 14. The summed E-state index contributed by atoms with van der Waals surface area (Å²) in [5, 5.41) is 11.3. The number of aryl methyl sites for hydroxylation is 1. The molecule has 3 aliphatic heterocycles. The Kier molecular flexibility index (Phi) is 16.0. The van der Waals surface area contributed by atoms with E-state index in [-0.39, 0.29) is 24.3 Å². The lowest BCUT2D eigenvalue weighted by molar-refractivity contribution is -0.303. The van der Waals surface area contributed by atoms with E-state index in [0.29, 0.717) is 18.6 Å². The number of Topliss-reactive ketones (excluding diaryl/α,β-unsaturated/α-hetero) is 1. The number of ether oxygens (including phenoxy) is 6. The van der Waals surface area contributed by atoms with Crippen molar-refractivity contribution in [2.24, 2.45) is 29.6 Å². The maximum Gasteiger partial charge on any atom is 0.320 e. The van der Waals surface area contributed by atoms with E-state index >= 15 is 0 Å². The molecule has 0 spiro atoms. The Morgan fingerprint density at radius 2 is 1.71 bits per heavy atom. The first-order valence-electron chi connectivity index (χ1n) is 20.1. The molecule has 15 atom stereocenters. The van der Waals surface area contributed by atoms with E-state index < -0.39 is 94.7 Å². The number of pyridine rings is 1. The lowest BCUT2D eigenvalue weighted by Gasteiger charge is -2.48. The average molecular weight is 807 g/mol. The largest absolute Gasteiger partial charge is 0.458 e. The second kappa shape index (κ2) is 19.4. The van der Waals surface area contributed by atoms with Gasteiger partial charge in [0.25, 0.3) is 0 Å². The number of methoxy groups -OCH3 is 1. The fourth-order valence-electron chi connectivity index (χ4n) is 9.24. The van der Waals surface area contributed by atoms with Crippen LogP contribution in [0.4, 0.5) is 0 Å². The fraction of sp³-hybridized carbons (Fsp3) is 0.786. The highest BCUT2D eigenvalue weighted by molar-refractivity contribution is 8.00. The molecule has 0 amide bonds. The third-order valence-corrected chi connectivity index (χ3v) is 13.8. The zero-order valence-corrected chi connectivity index (χ0v) is 36.2. The summed E-state index contributed by atoms with van der Waals surface area (Å²) in [6.07, 6.45) is 0.890. The van der Waals surface area contributed by atoms with Crippen LogP contribution in [0.5, 0.6) is 0 Å². The van der Waals surface area contributed by atoms with Crippen LogP contribution < -0.4 is 0 Å². The summed E-state index contributed by atoms with van der Waals surface area (Å²) in [5.74, 6) is -4.76. The number of cyclic esters (lactones) is 1. The molecule has 4 heterocycles. The monoisotopic (exact) mass is 806 g/mol. The molecular formula is C42H66N2O11S. The van der Waals surface area contributed by atoms with E-state index in [1.165, 1.54) is 25.8 Å². The predicted octanol–water partition coefficient (Wildman–Crippen LogP) is 5.03. The van der Waals surface area contributed by atoms with Crippen molar-refractivity contribution in [1.29, 1.82) is 0 Å². The van der Waals surface area contributed by atoms with Crippen molar-refractivity contribution in [3.8, 4) is 0 Å². The van der Waals surface area contributed by atoms with Gasteiger partial charge < -0.3 is 38.4 Å². The molecule has 0 radical (unpaired) electrons. The highest BCUT2D eigenvalue weighted by Gasteiger charge is 2.61. The first-order chi connectivity index (χ1) is 26.3. The molecule has 0 aromatic carbocycles. The van der Waals surface area contributed by atoms with Crippen LogP contribution in [-0.4, -0.2) is 125 Å². The van der Waals surface area contributed by atoms with E-state index in [0.717, 1.165) is 18.4 Å². The summed E-state index contributed by atoms with van der Waals surface area (Å²) in [4.78, 5) is 61.1. The summed E-state index contributed by atoms with van der Waals surface area (Å²) < 4.78 is 37.7. The number of thioether (sulfide) groups is 1. The maximum atomic E-state index is 14.7. The van der Waals surface area contributed by atoms with Crippen LogP contribution in [-0.2, 0) is 54.0 Å². The lowest BCUT2D eigenvalue weighted by Crippen LogP contribution is -2.60. The zero-order chi connectivity index (χ0) is 41.7. The van der Waals surface area contributed by atoms with Gasteiger partial charge in [0, 0.05) is 50.1 Å². The van der Waals surface area contributed by atoms with Crippen molar-refractivity contribution in [2.75, 3.05) is 27.0 Å². The summed E-state index contributed by atoms with van der Waals surface area (Å²) in [7, 11) is 5.32. The topological polar surface area (TPSA) is 160 Å². The molecular weight excluding hydrogens is 741 g/mol. The van der Waals surface area contributed by atoms with E-state index in [1.807, 2.05) is 65.7 Å². The third kappa shape index (κ3) is 10.1. The minimum atomic E-state index is -1.31. The van der Waals surface area contributed by atoms with Gasteiger partial charge in [-0.1, -0.05) is 27.7 Å². The van der Waals surface area contributed by atoms with Crippen molar-refractivity contribution >= 4 is 35.5 Å². The standard InChI is InChI=1S/C42H66N2O11S/c1-13-31-42(9)32(36(39(49)55-42)56-20-14-15-29-16-18-43-19-17-29)25(4)33(46)23(2)22-41(8,50-12)37(26(5)34(47)27(6)38(48)53-31)54-40-35(52-28(7)45)30(44(10)11)21-24(3)51-40/h16-19,23-27,30-32,34-37,40,47H,13-15,20-22H2,1-12H3/t23-,24-,25-,26+,27-,30+,31-,32+,34+,35-,36+,37-,40+,41-,42-/m1/s1. The minimum Gasteiger partial charge on any atom is -0.458 e. The van der Waals surface area contributed by atoms with Crippen molar-refractivity contribution in [2.45, 2.75) is 154 Å². The Morgan fingerprint density at radius 1 is 1.05 bits per heavy atom. The minimum absolute atomic E-state index is 0.100. The highest BCUT2D eigenvalue weighted by atomic mass is 32.2. The average Bonchev–Trinajstić information content (AvgIpc) is 3.42. The molecule has 0 saturated carbocycles. The molecule has 13 nitrogen and oxygen atoms in total. The Labute approximate surface area is 337 Å². The molecule has 3 saturated heterocycles. The van der Waals surface area contributed by atoms with Gasteiger partial charge in [-0.25, -0.2) is 0 Å². The Bertz CT molecular complexity index is 1500. The molecule has 0 unspecified atom stereocenters. The number of carbonyl (C=O) groups excluding carboxylic acids is 4. The normalized spacial score (nSPS) is 40.0. The number of carbonyl (C=O) groups is 4. The van der Waals surface area contributed by atoms with Gasteiger partial charge in [-0.2, -0.15) is 0 Å². The number of hydrogen-bond donors (Lipinski definition) is 1. The number of fused-ring (bicyclic) bond motifs is 1. The van der Waals surface area contributed by atoms with Crippen molar-refractivity contribution in [3.63, 3.8) is 0 Å². The molecule has 1 aromatic heterocycles. The molecule has 3 fully saturated rings. The van der Waals surface area contributed by atoms with Gasteiger partial charge in [0.1, 0.15) is 17.1 Å². The Morgan fingerprint density at radius 3 is 2.30 bits per heavy atom. The smallest absolute Gasteiger partial charge is 0.320 e. The van der Waals surface area contributed by atoms with Crippen LogP contribution in [0.1, 0.15) is 93.6 Å². The molecule has 56 heavy (non-hydrogen) atoms. The SMILES string of the molecule is CC[C@H]1OC(=O)[C@H](C)[C@@H](O)[C@H](C)[C@@H](O[C@@H]2O[C@H](C)C[C@H](N(C)C)[C@H]2OC(C)=O)[C@](C)(OC)C[C@@H](C)C(=O)[C@H](C)[C@H]2[C@H](SCCCc3ccncc3)C(=O)O[C@@]21C. The van der Waals surface area contributed by atoms with Crippen LogP contribution in [0, 0.1) is 29.6 Å². The zero-order valence-electron chi connectivity index (χ0n) is 35.4. The van der Waals surface area contributed by atoms with E-state index in [1.54, 1.807) is 33.2 Å². The van der Waals surface area contributed by atoms with E-state index in [9.17, 15) is 24.3 Å². The summed E-state index contributed by atoms with van der Waals surface area (Å²) >= 11 is 1.47. The van der Waals surface area contributed by atoms with Crippen LogP contribution >= 0.6 is 11.8 Å². The van der Waals surface area contributed by atoms with Crippen LogP contribution in [0.2, 0.25) is 0 Å². The van der Waals surface area contributed by atoms with Gasteiger partial charge in [-0.05, 0) is 97.3 Å². The predicted molar refractivity (Wildman–Crippen MR) is 212 cm³/mol. The second-order valence-electron chi connectivity index (χ2n) is 16.9. The lowest BCUT2D eigenvalue weighted by atomic mass is 9.70. The summed E-state index contributed by atoms with van der Waals surface area (Å²) in [6.45, 7) is 15.7. The van der Waals surface area contributed by atoms with Crippen molar-refractivity contribution in [3.05, 3.63) is 30.1 Å². The molecule has 4 rings (SSSR count). The van der Waals surface area contributed by atoms with E-state index in [2.05, 4.69) is 4.98 Å². The van der Waals surface area contributed by atoms with Crippen molar-refractivity contribution in [1.82, 2.24) is 9.88 Å². The summed E-state index contributed by atoms with van der Waals surface area (Å²) in [6, 6.07) is 3.69. The van der Waals surface area contributed by atoms with Gasteiger partial charge in [-0.15, -0.1) is 11.8 Å². The number of nitrogens with zero attached hydrogens (tertiary/aromatic N) is 2. The number of likely N-dealkylation sites (N-methyl/N-ethyl adjacent to an activating group) is 1. The van der Waals surface area contributed by atoms with Gasteiger partial charge in [0.05, 0.1) is 35.9 Å². The molecule has 316 valence electrons. The number of ketones is 1. The fourth-order valence-corrected chi connectivity index (χ4v) is 10.7.